The summed E-state index contributed by atoms with van der Waals surface area (Å²) < 4.78 is 56.1. The molecular formula is C26H37N2O7S2-. The van der Waals surface area contributed by atoms with E-state index in [0.29, 0.717) is 24.1 Å². The Balaban J connectivity index is 2.12. The molecule has 0 bridgehead atoms. The minimum atomic E-state index is -3.56. The second-order valence-corrected chi connectivity index (χ2v) is 13.5. The largest absolute Gasteiger partial charge is 0.760 e. The van der Waals surface area contributed by atoms with Gasteiger partial charge in [-0.2, -0.15) is 0 Å². The van der Waals surface area contributed by atoms with E-state index >= 15 is 0 Å². The van der Waals surface area contributed by atoms with E-state index in [1.165, 1.54) is 0 Å². The molecule has 0 amide bonds. The van der Waals surface area contributed by atoms with Gasteiger partial charge in [0.1, 0.15) is 16.9 Å². The molecule has 0 saturated heterocycles. The van der Waals surface area contributed by atoms with Gasteiger partial charge >= 0.3 is 5.97 Å². The molecule has 0 saturated carbocycles. The van der Waals surface area contributed by atoms with Crippen molar-refractivity contribution in [2.75, 3.05) is 19.6 Å². The number of nitrogens with one attached hydrogen (secondary N) is 1. The van der Waals surface area contributed by atoms with Crippen molar-refractivity contribution < 1.29 is 31.8 Å². The number of hydrogen-bond donors (Lipinski definition) is 2. The predicted molar refractivity (Wildman–Crippen MR) is 143 cm³/mol. The third-order valence-electron chi connectivity index (χ3n) is 5.74. The van der Waals surface area contributed by atoms with Gasteiger partial charge in [-0.25, -0.2) is 17.4 Å². The van der Waals surface area contributed by atoms with Gasteiger partial charge in [0.15, 0.2) is 0 Å². The molecule has 0 aromatic heterocycles. The molecule has 2 rings (SSSR count). The molecule has 0 aliphatic carbocycles. The number of aliphatic hydroxyl groups excluding tert-OH is 1. The van der Waals surface area contributed by atoms with E-state index in [0.717, 1.165) is 15.4 Å². The third kappa shape index (κ3) is 8.69. The molecule has 11 heteroatoms. The van der Waals surface area contributed by atoms with Crippen LogP contribution >= 0.6 is 0 Å². The van der Waals surface area contributed by atoms with Crippen LogP contribution in [0.15, 0.2) is 48.5 Å². The van der Waals surface area contributed by atoms with Crippen LogP contribution in [0.5, 0.6) is 0 Å². The first-order valence-electron chi connectivity index (χ1n) is 12.0. The quantitative estimate of drug-likeness (QED) is 0.304. The van der Waals surface area contributed by atoms with E-state index in [1.807, 2.05) is 19.1 Å². The number of sulfonamides is 1. The lowest BCUT2D eigenvalue weighted by atomic mass is 9.97. The maximum atomic E-state index is 12.7. The summed E-state index contributed by atoms with van der Waals surface area (Å²) in [6.07, 6.45) is -0.450. The average molecular weight is 554 g/mol. The Morgan fingerprint density at radius 2 is 1.57 bits per heavy atom. The highest BCUT2D eigenvalue weighted by Gasteiger charge is 2.35. The summed E-state index contributed by atoms with van der Waals surface area (Å²) >= 11 is -2.72. The van der Waals surface area contributed by atoms with Crippen LogP contribution in [0.3, 0.4) is 0 Å². The van der Waals surface area contributed by atoms with Crippen LogP contribution in [0.1, 0.15) is 65.2 Å². The molecule has 2 aromatic rings. The second-order valence-electron chi connectivity index (χ2n) is 10.2. The Morgan fingerprint density at radius 1 is 1.05 bits per heavy atom. The van der Waals surface area contributed by atoms with Crippen molar-refractivity contribution in [1.82, 2.24) is 9.03 Å². The predicted octanol–water partition coefficient (Wildman–Crippen LogP) is 3.39. The Bertz CT molecular complexity index is 1170. The molecule has 0 aliphatic rings. The van der Waals surface area contributed by atoms with Crippen LogP contribution in [-0.4, -0.2) is 57.8 Å². The van der Waals surface area contributed by atoms with Gasteiger partial charge < -0.3 is 14.4 Å². The van der Waals surface area contributed by atoms with Crippen LogP contribution in [0.2, 0.25) is 0 Å². The highest BCUT2D eigenvalue weighted by atomic mass is 32.2. The summed E-state index contributed by atoms with van der Waals surface area (Å²) in [5.74, 6) is -0.709. The molecule has 0 fully saturated rings. The maximum Gasteiger partial charge on any atom is 0.321 e. The molecule has 0 radical (unpaired) electrons. The first-order valence-corrected chi connectivity index (χ1v) is 14.5. The minimum Gasteiger partial charge on any atom is -0.760 e. The molecule has 2 unspecified atom stereocenters. The number of aliphatic hydroxyl groups is 1. The summed E-state index contributed by atoms with van der Waals surface area (Å²) in [6, 6.07) is 14.1. The van der Waals surface area contributed by atoms with Crippen molar-refractivity contribution in [3.63, 3.8) is 0 Å². The lowest BCUT2D eigenvalue weighted by Crippen LogP contribution is -2.39. The fourth-order valence-corrected chi connectivity index (χ4v) is 5.28. The molecule has 206 valence electrons. The highest BCUT2D eigenvalue weighted by molar-refractivity contribution is 7.90. The third-order valence-corrected chi connectivity index (χ3v) is 8.60. The number of ether oxygens (including phenoxy) is 1. The van der Waals surface area contributed by atoms with Gasteiger partial charge in [0.25, 0.3) is 0 Å². The van der Waals surface area contributed by atoms with E-state index in [1.54, 1.807) is 71.0 Å². The normalized spacial score (nSPS) is 14.4. The number of hydrogen-bond acceptors (Lipinski definition) is 7. The monoisotopic (exact) mass is 553 g/mol. The maximum absolute atomic E-state index is 12.7. The number of carbonyl (C=O) groups is 1. The standard InChI is InChI=1S/C26H38N2O7S2/c1-7-16-27-37(33,34)26(5,6)22-14-12-20(13-15-22)19-8-10-21(11-9-19)23(29)17-28(36(31)32)18-24(30)35-25(2,3)4/h8-15,23,27,29H,7,16-18H2,1-6H3,(H,31,32)/p-1. The highest BCUT2D eigenvalue weighted by Crippen LogP contribution is 2.31. The van der Waals surface area contributed by atoms with Gasteiger partial charge in [-0.05, 0) is 63.3 Å². The Morgan fingerprint density at radius 3 is 2.03 bits per heavy atom. The number of carbonyl (C=O) groups excluding carboxylic acids is 1. The number of rotatable bonds is 12. The number of benzene rings is 2. The van der Waals surface area contributed by atoms with Crippen molar-refractivity contribution >= 4 is 27.3 Å². The summed E-state index contributed by atoms with van der Waals surface area (Å²) in [5, 5.41) is 10.6. The Hall–Kier alpha value is -2.15. The van der Waals surface area contributed by atoms with E-state index < -0.39 is 50.3 Å². The van der Waals surface area contributed by atoms with E-state index in [4.69, 9.17) is 4.74 Å². The van der Waals surface area contributed by atoms with Crippen LogP contribution < -0.4 is 4.72 Å². The molecular weight excluding hydrogens is 516 g/mol. The SMILES string of the molecule is CCCNS(=O)(=O)C(C)(C)c1ccc(-c2ccc(C(O)CN(CC(=O)OC(C)(C)C)S(=O)[O-])cc2)cc1. The fourth-order valence-electron chi connectivity index (χ4n) is 3.53. The van der Waals surface area contributed by atoms with Crippen LogP contribution in [0.25, 0.3) is 11.1 Å². The van der Waals surface area contributed by atoms with Crippen molar-refractivity contribution in [3.8, 4) is 11.1 Å². The van der Waals surface area contributed by atoms with Gasteiger partial charge in [0.05, 0.1) is 6.10 Å². The molecule has 2 aromatic carbocycles. The van der Waals surface area contributed by atoms with Gasteiger partial charge in [0, 0.05) is 24.4 Å². The van der Waals surface area contributed by atoms with Crippen LogP contribution in [0, 0.1) is 0 Å². The van der Waals surface area contributed by atoms with E-state index in [-0.39, 0.29) is 6.54 Å². The van der Waals surface area contributed by atoms with Gasteiger partial charge in [-0.1, -0.05) is 55.5 Å². The first-order chi connectivity index (χ1) is 17.1. The zero-order valence-corrected chi connectivity index (χ0v) is 23.8. The lowest BCUT2D eigenvalue weighted by molar-refractivity contribution is -0.155. The molecule has 0 spiro atoms. The smallest absolute Gasteiger partial charge is 0.321 e. The lowest BCUT2D eigenvalue weighted by Gasteiger charge is -2.27. The second kappa shape index (κ2) is 12.6. The van der Waals surface area contributed by atoms with Gasteiger partial charge in [0.2, 0.25) is 10.0 Å². The summed E-state index contributed by atoms with van der Waals surface area (Å²) in [7, 11) is -3.56. The Kier molecular flexibility index (Phi) is 10.6. The zero-order chi connectivity index (χ0) is 28.0. The van der Waals surface area contributed by atoms with Gasteiger partial charge in [-0.3, -0.25) is 9.00 Å². The number of esters is 1. The fraction of sp³-hybridized carbons (Fsp3) is 0.500. The molecule has 0 heterocycles. The van der Waals surface area contributed by atoms with Crippen molar-refractivity contribution in [3.05, 3.63) is 59.7 Å². The number of nitrogens with zero attached hydrogens (tertiary/aromatic N) is 1. The minimum absolute atomic E-state index is 0.307. The van der Waals surface area contributed by atoms with Crippen molar-refractivity contribution in [1.29, 1.82) is 0 Å². The average Bonchev–Trinajstić information content (AvgIpc) is 2.81. The summed E-state index contributed by atoms with van der Waals surface area (Å²) in [4.78, 5) is 12.0. The summed E-state index contributed by atoms with van der Waals surface area (Å²) in [5.41, 5.74) is 2.07. The molecule has 37 heavy (non-hydrogen) atoms. The van der Waals surface area contributed by atoms with E-state index in [2.05, 4.69) is 4.72 Å². The van der Waals surface area contributed by atoms with Crippen LogP contribution in [-0.2, 0) is 35.6 Å². The van der Waals surface area contributed by atoms with Crippen molar-refractivity contribution in [2.24, 2.45) is 0 Å². The molecule has 2 atom stereocenters. The van der Waals surface area contributed by atoms with Crippen molar-refractivity contribution in [2.45, 2.75) is 64.4 Å². The molecule has 9 nitrogen and oxygen atoms in total. The topological polar surface area (TPSA) is 136 Å². The van der Waals surface area contributed by atoms with E-state index in [9.17, 15) is 27.1 Å². The molecule has 0 aliphatic heterocycles. The van der Waals surface area contributed by atoms with Gasteiger partial charge in [-0.15, -0.1) is 0 Å². The Labute approximate surface area is 222 Å². The van der Waals surface area contributed by atoms with Crippen LogP contribution in [0.4, 0.5) is 0 Å². The molecule has 2 N–H and O–H groups in total. The summed E-state index contributed by atoms with van der Waals surface area (Å²) in [6.45, 7) is 9.84. The zero-order valence-electron chi connectivity index (χ0n) is 22.2. The first kappa shape index (κ1) is 31.1.